The van der Waals surface area contributed by atoms with E-state index in [0.717, 1.165) is 0 Å². The molecule has 10 heteroatoms. The van der Waals surface area contributed by atoms with Gasteiger partial charge in [-0.25, -0.2) is 0 Å². The first-order chi connectivity index (χ1) is 9.86. The molecule has 0 aromatic heterocycles. The Morgan fingerprint density at radius 1 is 1.19 bits per heavy atom. The minimum atomic E-state index is -0.954. The largest absolute Gasteiger partial charge is 0.394 e. The molecule has 0 aromatic carbocycles. The molecule has 0 unspecified atom stereocenters. The number of fused-ring (bicyclic) bond motifs is 2. The van der Waals surface area contributed by atoms with E-state index >= 15 is 0 Å². The lowest BCUT2D eigenvalue weighted by Crippen LogP contribution is -2.44. The highest BCUT2D eigenvalue weighted by molar-refractivity contribution is 6.27. The van der Waals surface area contributed by atoms with Crippen molar-refractivity contribution in [3.8, 4) is 0 Å². The van der Waals surface area contributed by atoms with Crippen LogP contribution in [-0.4, -0.2) is 103 Å². The third kappa shape index (κ3) is 3.11. The predicted molar refractivity (Wildman–Crippen MR) is 73.3 cm³/mol. The standard InChI is InChI=1S/C6H9BO4.C5H8BClO3/c7-5-3-4(9)6(1-8,11-5)2-10-3;6-5-3(7)4(9)2(1-8)10-5/h3-5,8-9H,1-2H2;2-5,8-9H,1H2/t3-,4+,5-,6+;2-,3-,4-,5-/m11/s1. The SMILES string of the molecule is [B][C@@H]1O[C@@]2(CO)CO[C@@H]1[C@@H]2O.[B][C@@H]1O[C@H](CO)[C@@H](O)[C@H]1Cl. The Kier molecular flexibility index (Phi) is 5.60. The van der Waals surface area contributed by atoms with E-state index < -0.39 is 47.4 Å². The van der Waals surface area contributed by atoms with Crippen LogP contribution in [0.3, 0.4) is 0 Å². The summed E-state index contributed by atoms with van der Waals surface area (Å²) in [4.78, 5) is 0. The molecule has 3 aliphatic heterocycles. The molecular formula is C11H17B2ClO7. The summed E-state index contributed by atoms with van der Waals surface area (Å²) in [6.07, 6.45) is -2.75. The number of rotatable bonds is 2. The zero-order valence-corrected chi connectivity index (χ0v) is 12.0. The molecule has 21 heavy (non-hydrogen) atoms. The number of ether oxygens (including phenoxy) is 3. The highest BCUT2D eigenvalue weighted by atomic mass is 35.5. The van der Waals surface area contributed by atoms with E-state index in [-0.39, 0.29) is 19.8 Å². The summed E-state index contributed by atoms with van der Waals surface area (Å²) in [7, 11) is 10.8. The number of aliphatic hydroxyl groups is 4. The van der Waals surface area contributed by atoms with Crippen LogP contribution in [0.1, 0.15) is 0 Å². The Morgan fingerprint density at radius 2 is 1.86 bits per heavy atom. The molecule has 0 amide bonds. The lowest BCUT2D eigenvalue weighted by Gasteiger charge is -2.27. The first-order valence-electron chi connectivity index (χ1n) is 6.54. The van der Waals surface area contributed by atoms with E-state index in [0.29, 0.717) is 0 Å². The zero-order chi connectivity index (χ0) is 15.8. The van der Waals surface area contributed by atoms with Crippen molar-refractivity contribution in [3.63, 3.8) is 0 Å². The van der Waals surface area contributed by atoms with Crippen molar-refractivity contribution < 1.29 is 34.6 Å². The van der Waals surface area contributed by atoms with Crippen molar-refractivity contribution in [1.82, 2.24) is 0 Å². The van der Waals surface area contributed by atoms with Gasteiger partial charge in [0.2, 0.25) is 0 Å². The van der Waals surface area contributed by atoms with Gasteiger partial charge in [0.25, 0.3) is 0 Å². The van der Waals surface area contributed by atoms with E-state index in [4.69, 9.17) is 56.8 Å². The zero-order valence-electron chi connectivity index (χ0n) is 11.2. The van der Waals surface area contributed by atoms with Gasteiger partial charge in [-0.15, -0.1) is 11.6 Å². The molecule has 0 aromatic rings. The highest BCUT2D eigenvalue weighted by Gasteiger charge is 2.58. The topological polar surface area (TPSA) is 109 Å². The molecule has 116 valence electrons. The lowest BCUT2D eigenvalue weighted by molar-refractivity contribution is -0.136. The Hall–Kier alpha value is 0.140. The number of alkyl halides is 1. The van der Waals surface area contributed by atoms with Gasteiger partial charge in [0.1, 0.15) is 45.7 Å². The van der Waals surface area contributed by atoms with Crippen LogP contribution >= 0.6 is 11.6 Å². The third-order valence-corrected chi connectivity index (χ3v) is 4.37. The second kappa shape index (κ2) is 6.72. The van der Waals surface area contributed by atoms with Gasteiger partial charge in [0.05, 0.1) is 25.2 Å². The fourth-order valence-corrected chi connectivity index (χ4v) is 2.74. The molecule has 2 bridgehead atoms. The normalized spacial score (nSPS) is 51.8. The number of aliphatic hydroxyl groups excluding tert-OH is 4. The fraction of sp³-hybridized carbons (Fsp3) is 1.00. The van der Waals surface area contributed by atoms with Gasteiger partial charge in [-0.05, 0) is 0 Å². The van der Waals surface area contributed by atoms with Crippen molar-refractivity contribution in [2.75, 3.05) is 19.8 Å². The van der Waals surface area contributed by atoms with Crippen LogP contribution in [-0.2, 0) is 14.2 Å². The van der Waals surface area contributed by atoms with Crippen molar-refractivity contribution >= 4 is 27.3 Å². The van der Waals surface area contributed by atoms with Gasteiger partial charge in [-0.3, -0.25) is 0 Å². The predicted octanol–water partition coefficient (Wildman–Crippen LogP) is -3.16. The summed E-state index contributed by atoms with van der Waals surface area (Å²) in [5.41, 5.74) is -0.954. The Bertz CT molecular complexity index is 365. The van der Waals surface area contributed by atoms with Crippen LogP contribution in [0.25, 0.3) is 0 Å². The molecule has 7 nitrogen and oxygen atoms in total. The molecule has 0 aliphatic carbocycles. The van der Waals surface area contributed by atoms with Gasteiger partial charge < -0.3 is 34.6 Å². The van der Waals surface area contributed by atoms with Crippen LogP contribution in [0.5, 0.6) is 0 Å². The third-order valence-electron chi connectivity index (χ3n) is 3.87. The van der Waals surface area contributed by atoms with Gasteiger partial charge >= 0.3 is 0 Å². The molecule has 0 spiro atoms. The Balaban J connectivity index is 0.000000155. The number of hydrogen-bond acceptors (Lipinski definition) is 7. The molecule has 0 saturated carbocycles. The molecule has 4 N–H and O–H groups in total. The van der Waals surface area contributed by atoms with E-state index in [1.54, 1.807) is 0 Å². The van der Waals surface area contributed by atoms with Crippen LogP contribution in [0.4, 0.5) is 0 Å². The molecule has 3 heterocycles. The van der Waals surface area contributed by atoms with Crippen LogP contribution in [0, 0.1) is 0 Å². The summed E-state index contributed by atoms with van der Waals surface area (Å²) in [5.74, 6) is 0. The first-order valence-corrected chi connectivity index (χ1v) is 6.98. The van der Waals surface area contributed by atoms with Crippen molar-refractivity contribution in [3.05, 3.63) is 0 Å². The van der Waals surface area contributed by atoms with Gasteiger partial charge in [-0.1, -0.05) is 0 Å². The van der Waals surface area contributed by atoms with Gasteiger partial charge in [0, 0.05) is 12.0 Å². The molecule has 3 aliphatic rings. The van der Waals surface area contributed by atoms with Crippen molar-refractivity contribution in [2.45, 2.75) is 47.4 Å². The molecule has 3 saturated heterocycles. The molecular weight excluding hydrogens is 301 g/mol. The maximum Gasteiger partial charge on any atom is 0.142 e. The van der Waals surface area contributed by atoms with Crippen LogP contribution in [0.15, 0.2) is 0 Å². The smallest absolute Gasteiger partial charge is 0.142 e. The van der Waals surface area contributed by atoms with E-state index in [1.165, 1.54) is 0 Å². The summed E-state index contributed by atoms with van der Waals surface area (Å²) < 4.78 is 15.2. The quantitative estimate of drug-likeness (QED) is 0.314. The Morgan fingerprint density at radius 3 is 2.10 bits per heavy atom. The minimum absolute atomic E-state index is 0.225. The summed E-state index contributed by atoms with van der Waals surface area (Å²) in [6, 6.07) is -1.28. The second-order valence-electron chi connectivity index (χ2n) is 5.28. The molecule has 3 rings (SSSR count). The second-order valence-corrected chi connectivity index (χ2v) is 5.79. The highest BCUT2D eigenvalue weighted by Crippen LogP contribution is 2.38. The maximum atomic E-state index is 9.46. The Labute approximate surface area is 130 Å². The van der Waals surface area contributed by atoms with Crippen molar-refractivity contribution in [2.24, 2.45) is 0 Å². The number of hydrogen-bond donors (Lipinski definition) is 4. The van der Waals surface area contributed by atoms with Crippen LogP contribution in [0.2, 0.25) is 0 Å². The number of halogens is 1. The molecule has 8 atom stereocenters. The first kappa shape index (κ1) is 17.5. The summed E-state index contributed by atoms with van der Waals surface area (Å²) in [6.45, 7) is -0.278. The summed E-state index contributed by atoms with van der Waals surface area (Å²) >= 11 is 5.58. The van der Waals surface area contributed by atoms with E-state index in [2.05, 4.69) is 0 Å². The van der Waals surface area contributed by atoms with Gasteiger partial charge in [0.15, 0.2) is 0 Å². The van der Waals surface area contributed by atoms with E-state index in [1.807, 2.05) is 0 Å². The lowest BCUT2D eigenvalue weighted by atomic mass is 9.92. The maximum absolute atomic E-state index is 9.46. The average Bonchev–Trinajstić information content (AvgIpc) is 3.02. The van der Waals surface area contributed by atoms with Crippen LogP contribution < -0.4 is 0 Å². The monoisotopic (exact) mass is 318 g/mol. The van der Waals surface area contributed by atoms with Crippen molar-refractivity contribution in [1.29, 1.82) is 0 Å². The van der Waals surface area contributed by atoms with E-state index in [9.17, 15) is 5.11 Å². The summed E-state index contributed by atoms with van der Waals surface area (Å²) in [5, 5.41) is 35.5. The fourth-order valence-electron chi connectivity index (χ4n) is 2.51. The minimum Gasteiger partial charge on any atom is -0.394 e. The average molecular weight is 318 g/mol. The van der Waals surface area contributed by atoms with Gasteiger partial charge in [-0.2, -0.15) is 0 Å². The molecule has 4 radical (unpaired) electrons. The molecule has 3 fully saturated rings.